The van der Waals surface area contributed by atoms with Crippen LogP contribution in [0.4, 0.5) is 0 Å². The Balaban J connectivity index is 1.88. The summed E-state index contributed by atoms with van der Waals surface area (Å²) in [5.41, 5.74) is 1.83. The minimum atomic E-state index is -0.355. The molecule has 0 atom stereocenters. The third-order valence-electron chi connectivity index (χ3n) is 4.38. The van der Waals surface area contributed by atoms with Crippen molar-refractivity contribution >= 4 is 51.0 Å². The summed E-state index contributed by atoms with van der Waals surface area (Å²) in [6.45, 7) is 0.212. The van der Waals surface area contributed by atoms with E-state index in [1.54, 1.807) is 54.6 Å². The van der Waals surface area contributed by atoms with Gasteiger partial charge in [-0.1, -0.05) is 75.5 Å². The van der Waals surface area contributed by atoms with E-state index < -0.39 is 0 Å². The highest BCUT2D eigenvalue weighted by Crippen LogP contribution is 2.36. The molecule has 0 aliphatic rings. The number of hydrogen-bond acceptors (Lipinski definition) is 4. The summed E-state index contributed by atoms with van der Waals surface area (Å²) in [6.07, 6.45) is 1.52. The Morgan fingerprint density at radius 1 is 1.10 bits per heavy atom. The first kappa shape index (κ1) is 22.9. The number of hydrogen-bond donors (Lipinski definition) is 0. The maximum atomic E-state index is 12.6. The Bertz CT molecular complexity index is 1190. The maximum absolute atomic E-state index is 12.6. The predicted molar refractivity (Wildman–Crippen MR) is 126 cm³/mol. The topological polar surface area (TPSA) is 59.3 Å². The molecule has 3 aromatic rings. The van der Waals surface area contributed by atoms with Crippen molar-refractivity contribution in [1.29, 1.82) is 5.26 Å². The highest BCUT2D eigenvalue weighted by molar-refractivity contribution is 9.10. The van der Waals surface area contributed by atoms with Crippen LogP contribution < -0.4 is 9.47 Å². The average Bonchev–Trinajstić information content (AvgIpc) is 2.78. The molecule has 0 saturated heterocycles. The summed E-state index contributed by atoms with van der Waals surface area (Å²) >= 11 is 15.6. The number of nitriles is 1. The van der Waals surface area contributed by atoms with Crippen LogP contribution in [0.25, 0.3) is 6.08 Å². The van der Waals surface area contributed by atoms with E-state index in [-0.39, 0.29) is 18.0 Å². The van der Waals surface area contributed by atoms with E-state index in [1.165, 1.54) is 13.2 Å². The van der Waals surface area contributed by atoms with E-state index >= 15 is 0 Å². The average molecular weight is 517 g/mol. The fraction of sp³-hybridized carbons (Fsp3) is 0.0833. The predicted octanol–water partition coefficient (Wildman–Crippen LogP) is 7.13. The lowest BCUT2D eigenvalue weighted by molar-refractivity contribution is 0.104. The first-order chi connectivity index (χ1) is 14.9. The monoisotopic (exact) mass is 515 g/mol. The highest BCUT2D eigenvalue weighted by atomic mass is 79.9. The number of rotatable bonds is 7. The second-order valence-corrected chi connectivity index (χ2v) is 8.11. The van der Waals surface area contributed by atoms with Crippen molar-refractivity contribution < 1.29 is 14.3 Å². The Labute approximate surface area is 198 Å². The Morgan fingerprint density at radius 3 is 2.48 bits per heavy atom. The molecule has 0 amide bonds. The van der Waals surface area contributed by atoms with E-state index in [0.29, 0.717) is 37.1 Å². The molecular formula is C24H16BrCl2NO3. The van der Waals surface area contributed by atoms with Gasteiger partial charge in [-0.25, -0.2) is 0 Å². The molecule has 0 N–H and O–H groups in total. The van der Waals surface area contributed by atoms with Gasteiger partial charge >= 0.3 is 0 Å². The summed E-state index contributed by atoms with van der Waals surface area (Å²) in [6, 6.07) is 19.2. The van der Waals surface area contributed by atoms with Crippen molar-refractivity contribution in [3.05, 3.63) is 97.4 Å². The van der Waals surface area contributed by atoms with Crippen LogP contribution in [0.2, 0.25) is 10.0 Å². The molecule has 0 radical (unpaired) electrons. The van der Waals surface area contributed by atoms with Crippen LogP contribution in [0.3, 0.4) is 0 Å². The van der Waals surface area contributed by atoms with Gasteiger partial charge in [-0.15, -0.1) is 0 Å². The lowest BCUT2D eigenvalue weighted by atomic mass is 10.0. The number of methoxy groups -OCH3 is 1. The van der Waals surface area contributed by atoms with Gasteiger partial charge in [0.15, 0.2) is 11.5 Å². The molecule has 4 nitrogen and oxygen atoms in total. The van der Waals surface area contributed by atoms with Crippen molar-refractivity contribution in [2.75, 3.05) is 7.11 Å². The molecule has 0 bridgehead atoms. The highest BCUT2D eigenvalue weighted by Gasteiger charge is 2.15. The smallest absolute Gasteiger partial charge is 0.203 e. The molecule has 0 spiro atoms. The SMILES string of the molecule is COc1cc(C=C(C#N)C(=O)c2ccccc2)c(Br)cc1OCc1ccc(Cl)cc1Cl. The minimum absolute atomic E-state index is 0.00978. The van der Waals surface area contributed by atoms with Gasteiger partial charge in [0, 0.05) is 25.6 Å². The van der Waals surface area contributed by atoms with Crippen LogP contribution in [-0.4, -0.2) is 12.9 Å². The van der Waals surface area contributed by atoms with Crippen molar-refractivity contribution in [2.24, 2.45) is 0 Å². The quantitative estimate of drug-likeness (QED) is 0.190. The third kappa shape index (κ3) is 5.68. The zero-order valence-electron chi connectivity index (χ0n) is 16.4. The Kier molecular flexibility index (Phi) is 7.75. The number of halogens is 3. The van der Waals surface area contributed by atoms with Gasteiger partial charge in [-0.05, 0) is 35.9 Å². The molecule has 0 unspecified atom stereocenters. The van der Waals surface area contributed by atoms with Crippen molar-refractivity contribution in [3.8, 4) is 17.6 Å². The molecule has 3 aromatic carbocycles. The first-order valence-electron chi connectivity index (χ1n) is 9.08. The normalized spacial score (nSPS) is 11.0. The van der Waals surface area contributed by atoms with Crippen molar-refractivity contribution in [3.63, 3.8) is 0 Å². The Morgan fingerprint density at radius 2 is 1.84 bits per heavy atom. The lowest BCUT2D eigenvalue weighted by Crippen LogP contribution is -2.02. The molecular weight excluding hydrogens is 501 g/mol. The van der Waals surface area contributed by atoms with Crippen molar-refractivity contribution in [2.45, 2.75) is 6.61 Å². The number of carbonyl (C=O) groups excluding carboxylic acids is 1. The molecule has 156 valence electrons. The van der Waals surface area contributed by atoms with Gasteiger partial charge in [0.1, 0.15) is 18.2 Å². The second-order valence-electron chi connectivity index (χ2n) is 6.41. The van der Waals surface area contributed by atoms with Gasteiger partial charge in [-0.2, -0.15) is 5.26 Å². The van der Waals surface area contributed by atoms with E-state index in [4.69, 9.17) is 32.7 Å². The molecule has 0 fully saturated rings. The molecule has 0 aliphatic carbocycles. The number of carbonyl (C=O) groups is 1. The van der Waals surface area contributed by atoms with Crippen LogP contribution in [0.5, 0.6) is 11.5 Å². The summed E-state index contributed by atoms with van der Waals surface area (Å²) in [4.78, 5) is 12.6. The van der Waals surface area contributed by atoms with Crippen LogP contribution in [0.1, 0.15) is 21.5 Å². The van der Waals surface area contributed by atoms with Crippen LogP contribution >= 0.6 is 39.1 Å². The molecule has 0 aromatic heterocycles. The number of allylic oxidation sites excluding steroid dienone is 1. The summed E-state index contributed by atoms with van der Waals surface area (Å²) < 4.78 is 12.0. The van der Waals surface area contributed by atoms with Gasteiger partial charge in [0.25, 0.3) is 0 Å². The Hall–Kier alpha value is -2.78. The summed E-state index contributed by atoms with van der Waals surface area (Å²) in [5, 5.41) is 10.6. The van der Waals surface area contributed by atoms with E-state index in [0.717, 1.165) is 5.56 Å². The fourth-order valence-corrected chi connectivity index (χ4v) is 3.68. The zero-order valence-corrected chi connectivity index (χ0v) is 19.5. The molecule has 3 rings (SSSR count). The van der Waals surface area contributed by atoms with Gasteiger partial charge in [0.05, 0.1) is 7.11 Å². The fourth-order valence-electron chi connectivity index (χ4n) is 2.78. The van der Waals surface area contributed by atoms with Crippen LogP contribution in [-0.2, 0) is 6.61 Å². The number of benzene rings is 3. The molecule has 0 aliphatic heterocycles. The maximum Gasteiger partial charge on any atom is 0.203 e. The third-order valence-corrected chi connectivity index (χ3v) is 5.66. The molecule has 0 saturated carbocycles. The zero-order chi connectivity index (χ0) is 22.4. The first-order valence-corrected chi connectivity index (χ1v) is 10.6. The number of ether oxygens (including phenoxy) is 2. The largest absolute Gasteiger partial charge is 0.493 e. The molecule has 7 heteroatoms. The summed E-state index contributed by atoms with van der Waals surface area (Å²) in [5.74, 6) is 0.570. The number of nitrogens with zero attached hydrogens (tertiary/aromatic N) is 1. The van der Waals surface area contributed by atoms with E-state index in [9.17, 15) is 10.1 Å². The van der Waals surface area contributed by atoms with Gasteiger partial charge < -0.3 is 9.47 Å². The summed E-state index contributed by atoms with van der Waals surface area (Å²) in [7, 11) is 1.51. The molecule has 0 heterocycles. The van der Waals surface area contributed by atoms with E-state index in [1.807, 2.05) is 12.1 Å². The van der Waals surface area contributed by atoms with Crippen molar-refractivity contribution in [1.82, 2.24) is 0 Å². The van der Waals surface area contributed by atoms with Gasteiger partial charge in [0.2, 0.25) is 5.78 Å². The number of Topliss-reactive ketones (excluding diaryl/α,β-unsaturated/α-hetero) is 1. The number of ketones is 1. The second kappa shape index (κ2) is 10.5. The standard InChI is InChI=1S/C24H16BrCl2NO3/c1-30-22-10-17(9-18(13-28)24(29)15-5-3-2-4-6-15)20(25)12-23(22)31-14-16-7-8-19(26)11-21(16)27/h2-12H,14H2,1H3. The minimum Gasteiger partial charge on any atom is -0.493 e. The van der Waals surface area contributed by atoms with Crippen LogP contribution in [0, 0.1) is 11.3 Å². The lowest BCUT2D eigenvalue weighted by Gasteiger charge is -2.14. The van der Waals surface area contributed by atoms with E-state index in [2.05, 4.69) is 15.9 Å². The molecule has 31 heavy (non-hydrogen) atoms. The van der Waals surface area contributed by atoms with Gasteiger partial charge in [-0.3, -0.25) is 4.79 Å². The van der Waals surface area contributed by atoms with Crippen LogP contribution in [0.15, 0.2) is 70.7 Å².